The van der Waals surface area contributed by atoms with Crippen molar-refractivity contribution in [1.29, 1.82) is 0 Å². The van der Waals surface area contributed by atoms with Crippen LogP contribution in [0.25, 0.3) is 5.76 Å². The van der Waals surface area contributed by atoms with Crippen molar-refractivity contribution in [3.8, 4) is 11.5 Å². The van der Waals surface area contributed by atoms with Crippen LogP contribution < -0.4 is 9.47 Å². The number of likely N-dealkylation sites (tertiary alicyclic amines) is 1. The number of amides is 1. The van der Waals surface area contributed by atoms with Gasteiger partial charge in [-0.15, -0.1) is 0 Å². The number of ether oxygens (including phenoxy) is 2. The first kappa shape index (κ1) is 22.0. The molecule has 33 heavy (non-hydrogen) atoms. The van der Waals surface area contributed by atoms with E-state index < -0.39 is 29.3 Å². The molecule has 8 heteroatoms. The summed E-state index contributed by atoms with van der Waals surface area (Å²) in [5.41, 5.74) is 0.703. The van der Waals surface area contributed by atoms with E-state index in [2.05, 4.69) is 4.98 Å². The maximum atomic E-state index is 14.9. The van der Waals surface area contributed by atoms with E-state index in [1.807, 2.05) is 0 Å². The second-order valence-corrected chi connectivity index (χ2v) is 7.38. The van der Waals surface area contributed by atoms with Crippen LogP contribution >= 0.6 is 0 Å². The predicted molar refractivity (Wildman–Crippen MR) is 118 cm³/mol. The Bertz CT molecular complexity index is 1240. The van der Waals surface area contributed by atoms with Gasteiger partial charge in [0, 0.05) is 30.6 Å². The van der Waals surface area contributed by atoms with Crippen molar-refractivity contribution in [1.82, 2.24) is 9.88 Å². The number of aliphatic hydroxyl groups excluding tert-OH is 1. The number of benzene rings is 2. The van der Waals surface area contributed by atoms with Gasteiger partial charge in [0.05, 0.1) is 31.4 Å². The topological polar surface area (TPSA) is 89.0 Å². The molecule has 1 aromatic heterocycles. The molecule has 4 rings (SSSR count). The summed E-state index contributed by atoms with van der Waals surface area (Å²) < 4.78 is 25.4. The number of nitrogens with zero attached hydrogens (tertiary/aromatic N) is 2. The minimum atomic E-state index is -1.14. The van der Waals surface area contributed by atoms with Gasteiger partial charge in [0.1, 0.15) is 23.1 Å². The summed E-state index contributed by atoms with van der Waals surface area (Å²) in [5, 5.41) is 11.2. The molecular formula is C25H21FN2O5. The van der Waals surface area contributed by atoms with Gasteiger partial charge in [-0.1, -0.05) is 24.3 Å². The number of hydrogen-bond acceptors (Lipinski definition) is 6. The molecule has 0 bridgehead atoms. The lowest BCUT2D eigenvalue weighted by Gasteiger charge is -2.25. The van der Waals surface area contributed by atoms with E-state index in [-0.39, 0.29) is 29.0 Å². The summed E-state index contributed by atoms with van der Waals surface area (Å²) in [6.45, 7) is 0.00788. The van der Waals surface area contributed by atoms with Gasteiger partial charge in [-0.3, -0.25) is 14.6 Å². The highest BCUT2D eigenvalue weighted by Gasteiger charge is 2.47. The molecule has 1 fully saturated rings. The second-order valence-electron chi connectivity index (χ2n) is 7.38. The van der Waals surface area contributed by atoms with Gasteiger partial charge in [-0.2, -0.15) is 0 Å². The van der Waals surface area contributed by atoms with Gasteiger partial charge >= 0.3 is 0 Å². The number of methoxy groups -OCH3 is 2. The highest BCUT2D eigenvalue weighted by atomic mass is 19.1. The average molecular weight is 448 g/mol. The van der Waals surface area contributed by atoms with Crippen LogP contribution in [0.15, 0.2) is 72.6 Å². The summed E-state index contributed by atoms with van der Waals surface area (Å²) in [6.07, 6.45) is 3.14. The molecule has 1 N–H and O–H groups in total. The van der Waals surface area contributed by atoms with Gasteiger partial charge in [0.15, 0.2) is 0 Å². The third-order valence-corrected chi connectivity index (χ3v) is 5.48. The highest BCUT2D eigenvalue weighted by Crippen LogP contribution is 2.42. The summed E-state index contributed by atoms with van der Waals surface area (Å²) >= 11 is 0. The molecule has 0 saturated carbocycles. The quantitative estimate of drug-likeness (QED) is 0.350. The fourth-order valence-corrected chi connectivity index (χ4v) is 3.89. The molecule has 1 atom stereocenters. The lowest BCUT2D eigenvalue weighted by Crippen LogP contribution is -2.29. The Kier molecular flexibility index (Phi) is 6.08. The summed E-state index contributed by atoms with van der Waals surface area (Å²) in [7, 11) is 2.89. The average Bonchev–Trinajstić information content (AvgIpc) is 3.09. The van der Waals surface area contributed by atoms with Crippen LogP contribution in [0.5, 0.6) is 11.5 Å². The van der Waals surface area contributed by atoms with E-state index in [1.54, 1.807) is 42.7 Å². The number of pyridine rings is 1. The largest absolute Gasteiger partial charge is 0.507 e. The zero-order valence-electron chi connectivity index (χ0n) is 18.0. The first-order valence-electron chi connectivity index (χ1n) is 10.1. The Morgan fingerprint density at radius 1 is 1.09 bits per heavy atom. The molecule has 2 heterocycles. The lowest BCUT2D eigenvalue weighted by molar-refractivity contribution is -0.140. The number of rotatable bonds is 6. The molecule has 0 aliphatic carbocycles. The third kappa shape index (κ3) is 4.03. The van der Waals surface area contributed by atoms with E-state index in [0.717, 1.165) is 0 Å². The number of aliphatic hydroxyl groups is 1. The maximum absolute atomic E-state index is 14.9. The van der Waals surface area contributed by atoms with E-state index in [4.69, 9.17) is 9.47 Å². The van der Waals surface area contributed by atoms with Crippen LogP contribution in [0.1, 0.15) is 22.7 Å². The summed E-state index contributed by atoms with van der Waals surface area (Å²) in [4.78, 5) is 31.4. The molecule has 1 unspecified atom stereocenters. The number of aromatic nitrogens is 1. The molecule has 2 aromatic carbocycles. The van der Waals surface area contributed by atoms with Crippen LogP contribution in [0.2, 0.25) is 0 Å². The van der Waals surface area contributed by atoms with Gasteiger partial charge < -0.3 is 19.5 Å². The van der Waals surface area contributed by atoms with Gasteiger partial charge in [0.25, 0.3) is 11.7 Å². The van der Waals surface area contributed by atoms with Crippen molar-refractivity contribution >= 4 is 17.4 Å². The maximum Gasteiger partial charge on any atom is 0.295 e. The Hall–Kier alpha value is -4.20. The fourth-order valence-electron chi connectivity index (χ4n) is 3.89. The smallest absolute Gasteiger partial charge is 0.295 e. The molecule has 168 valence electrons. The Morgan fingerprint density at radius 2 is 1.88 bits per heavy atom. The monoisotopic (exact) mass is 448 g/mol. The molecule has 0 radical (unpaired) electrons. The van der Waals surface area contributed by atoms with Crippen LogP contribution in [-0.2, 0) is 16.1 Å². The van der Waals surface area contributed by atoms with E-state index in [1.165, 1.54) is 43.4 Å². The zero-order chi connectivity index (χ0) is 23.5. The van der Waals surface area contributed by atoms with Crippen molar-refractivity contribution in [3.05, 3.63) is 95.1 Å². The molecule has 1 aliphatic rings. The lowest BCUT2D eigenvalue weighted by atomic mass is 9.94. The molecular weight excluding hydrogens is 427 g/mol. The van der Waals surface area contributed by atoms with Crippen LogP contribution in [0, 0.1) is 5.82 Å². The molecule has 7 nitrogen and oxygen atoms in total. The van der Waals surface area contributed by atoms with E-state index >= 15 is 0 Å². The number of carbonyl (C=O) groups is 2. The molecule has 3 aromatic rings. The van der Waals surface area contributed by atoms with Crippen molar-refractivity contribution in [2.75, 3.05) is 14.2 Å². The number of halogens is 1. The number of hydrogen-bond donors (Lipinski definition) is 1. The second kappa shape index (κ2) is 9.12. The molecule has 1 saturated heterocycles. The SMILES string of the molecule is COc1ccc(C(O)=C2C(=O)C(=O)N(Cc3cccnc3)C2c2ccccc2F)c(OC)c1. The number of ketones is 1. The van der Waals surface area contributed by atoms with Gasteiger partial charge in [-0.05, 0) is 29.8 Å². The molecule has 1 aliphatic heterocycles. The number of Topliss-reactive ketones (excluding diaryl/α,β-unsaturated/α-hetero) is 1. The third-order valence-electron chi connectivity index (χ3n) is 5.48. The van der Waals surface area contributed by atoms with E-state index in [9.17, 15) is 19.1 Å². The van der Waals surface area contributed by atoms with Gasteiger partial charge in [-0.25, -0.2) is 4.39 Å². The van der Waals surface area contributed by atoms with Crippen molar-refractivity contribution in [2.24, 2.45) is 0 Å². The minimum Gasteiger partial charge on any atom is -0.507 e. The molecule has 0 spiro atoms. The van der Waals surface area contributed by atoms with Crippen LogP contribution in [-0.4, -0.2) is 40.9 Å². The van der Waals surface area contributed by atoms with Crippen molar-refractivity contribution in [2.45, 2.75) is 12.6 Å². The zero-order valence-corrected chi connectivity index (χ0v) is 18.0. The first-order valence-corrected chi connectivity index (χ1v) is 10.1. The molecule has 1 amide bonds. The minimum absolute atomic E-state index is 0.00788. The summed E-state index contributed by atoms with van der Waals surface area (Å²) in [6, 6.07) is 12.8. The van der Waals surface area contributed by atoms with Crippen molar-refractivity contribution in [3.63, 3.8) is 0 Å². The Morgan fingerprint density at radius 3 is 2.55 bits per heavy atom. The van der Waals surface area contributed by atoms with E-state index in [0.29, 0.717) is 11.3 Å². The Labute approximate surface area is 189 Å². The first-order chi connectivity index (χ1) is 16.0. The highest BCUT2D eigenvalue weighted by molar-refractivity contribution is 6.46. The summed E-state index contributed by atoms with van der Waals surface area (Å²) in [5.74, 6) is -2.12. The van der Waals surface area contributed by atoms with Crippen LogP contribution in [0.3, 0.4) is 0 Å². The predicted octanol–water partition coefficient (Wildman–Crippen LogP) is 3.86. The fraction of sp³-hybridized carbons (Fsp3) is 0.160. The number of carbonyl (C=O) groups excluding carboxylic acids is 2. The van der Waals surface area contributed by atoms with Crippen molar-refractivity contribution < 1.29 is 28.6 Å². The Balaban J connectivity index is 1.91. The normalized spacial score (nSPS) is 17.3. The standard InChI is InChI=1S/C25H21FN2O5/c1-32-16-9-10-18(20(12-16)33-2)23(29)21-22(17-7-3-4-8-19(17)26)28(25(31)24(21)30)14-15-6-5-11-27-13-15/h3-13,22,29H,14H2,1-2H3. The van der Waals surface area contributed by atoms with Crippen LogP contribution in [0.4, 0.5) is 4.39 Å². The van der Waals surface area contributed by atoms with Gasteiger partial charge in [0.2, 0.25) is 0 Å².